The Labute approximate surface area is 703 Å². The molecule has 7 aliphatic rings. The fourth-order valence-electron chi connectivity index (χ4n) is 14.7. The molecule has 0 bridgehead atoms. The second-order valence-electron chi connectivity index (χ2n) is 31.2. The number of fused-ring (bicyclic) bond motifs is 3. The summed E-state index contributed by atoms with van der Waals surface area (Å²) in [5.41, 5.74) is 2.17. The minimum Gasteiger partial charge on any atom is -0.493 e. The molecule has 4 saturated heterocycles. The third-order valence-electron chi connectivity index (χ3n) is 21.9. The van der Waals surface area contributed by atoms with Crippen LogP contribution in [0.3, 0.4) is 0 Å². The Morgan fingerprint density at radius 1 is 0.449 bits per heavy atom. The lowest BCUT2D eigenvalue weighted by Crippen LogP contribution is -2.43. The minimum atomic E-state index is -4.52. The zero-order valence-electron chi connectivity index (χ0n) is 67.3. The number of halogens is 10. The molecule has 0 aliphatic carbocycles. The largest absolute Gasteiger partial charge is 0.493 e. The number of aryl methyl sites for hydroxylation is 3. The van der Waals surface area contributed by atoms with Crippen molar-refractivity contribution < 1.29 is 113 Å². The fraction of sp³-hybridized carbons (Fsp3) is 0.553. The molecule has 4 fully saturated rings. The van der Waals surface area contributed by atoms with E-state index in [9.17, 15) is 79.5 Å². The third-order valence-corrected chi connectivity index (χ3v) is 29.8. The normalized spacial score (nSPS) is 19.0. The van der Waals surface area contributed by atoms with Crippen LogP contribution in [0.5, 0.6) is 17.2 Å². The topological polar surface area (TPSA) is 231 Å². The SMILES string of the molecule is C.C1CCOC1.CC[C@H]1CCc2cc(C(F)(F)F)ccc2N1S(=O)(=O)c1ccc(OCC2CCOCC2)c(C(C)=O)c1.CC[C@H]1CCc2cc(C(F)(F)F)ccc2N1S(=O)(=O)c1ccc(OCC2CCOCC2)c(CO)c1.CC[C@H]1CCc2cc(I)ccc2N1S(=O)(=O)c1ccc(OCC2CCOCC2)c(C(C)=O)c1.C[Si](C)(C)C(F)(F)F. The molecule has 0 unspecified atom stereocenters. The van der Waals surface area contributed by atoms with E-state index in [1.165, 1.54) is 110 Å². The number of carbonyl (C=O) groups is 2. The van der Waals surface area contributed by atoms with Gasteiger partial charge < -0.3 is 38.3 Å². The summed E-state index contributed by atoms with van der Waals surface area (Å²) >= 11 is 2.25. The number of ether oxygens (including phenoxy) is 7. The van der Waals surface area contributed by atoms with Crippen LogP contribution in [0.2, 0.25) is 19.6 Å². The van der Waals surface area contributed by atoms with E-state index < -0.39 is 80.1 Å². The van der Waals surface area contributed by atoms with Gasteiger partial charge in [0.2, 0.25) is 0 Å². The van der Waals surface area contributed by atoms with E-state index in [2.05, 4.69) is 28.7 Å². The molecule has 654 valence electrons. The highest BCUT2D eigenvalue weighted by molar-refractivity contribution is 14.1. The van der Waals surface area contributed by atoms with E-state index in [1.54, 1.807) is 16.4 Å². The Morgan fingerprint density at radius 2 is 0.754 bits per heavy atom. The van der Waals surface area contributed by atoms with Crippen molar-refractivity contribution in [2.24, 2.45) is 17.8 Å². The lowest BCUT2D eigenvalue weighted by atomic mass is 9.95. The summed E-state index contributed by atoms with van der Waals surface area (Å²) in [6.45, 7) is 19.4. The number of alkyl halides is 9. The minimum absolute atomic E-state index is 0. The molecular weight excluding hydrogens is 1740 g/mol. The lowest BCUT2D eigenvalue weighted by Gasteiger charge is -2.38. The van der Waals surface area contributed by atoms with E-state index in [0.29, 0.717) is 142 Å². The van der Waals surface area contributed by atoms with E-state index in [-0.39, 0.29) is 62.7 Å². The van der Waals surface area contributed by atoms with Crippen molar-refractivity contribution in [2.75, 3.05) is 85.6 Å². The van der Waals surface area contributed by atoms with Crippen LogP contribution in [0.25, 0.3) is 0 Å². The Balaban J connectivity index is 0.000000203. The van der Waals surface area contributed by atoms with Crippen LogP contribution in [-0.2, 0) is 87.2 Å². The summed E-state index contributed by atoms with van der Waals surface area (Å²) < 4.78 is 241. The monoisotopic (exact) mass is 1850 g/mol. The maximum atomic E-state index is 13.9. The van der Waals surface area contributed by atoms with Gasteiger partial charge in [-0.3, -0.25) is 22.5 Å². The molecule has 6 aromatic carbocycles. The highest BCUT2D eigenvalue weighted by atomic mass is 127. The highest BCUT2D eigenvalue weighted by Crippen LogP contribution is 2.45. The number of ketones is 2. The number of rotatable bonds is 21. The lowest BCUT2D eigenvalue weighted by molar-refractivity contribution is -0.138. The van der Waals surface area contributed by atoms with Gasteiger partial charge in [0.05, 0.1) is 80.4 Å². The van der Waals surface area contributed by atoms with Crippen LogP contribution in [0.15, 0.2) is 124 Å². The molecular formula is C85H111F9IN3O16S3Si. The van der Waals surface area contributed by atoms with Crippen molar-refractivity contribution >= 4 is 89.4 Å². The zero-order chi connectivity index (χ0) is 85.4. The fourth-order valence-corrected chi connectivity index (χ4v) is 20.7. The maximum Gasteiger partial charge on any atom is 0.416 e. The number of sulfonamides is 3. The van der Waals surface area contributed by atoms with E-state index >= 15 is 0 Å². The number of hydrogen-bond acceptors (Lipinski definition) is 16. The van der Waals surface area contributed by atoms with Gasteiger partial charge in [0.1, 0.15) is 17.2 Å². The van der Waals surface area contributed by atoms with Crippen molar-refractivity contribution in [3.05, 3.63) is 157 Å². The molecule has 19 nitrogen and oxygen atoms in total. The smallest absolute Gasteiger partial charge is 0.416 e. The molecule has 3 atom stereocenters. The van der Waals surface area contributed by atoms with Crippen molar-refractivity contribution in [3.8, 4) is 17.2 Å². The molecule has 0 radical (unpaired) electrons. The summed E-state index contributed by atoms with van der Waals surface area (Å²) in [6.07, 6.45) is 3.73. The van der Waals surface area contributed by atoms with Gasteiger partial charge in [0.15, 0.2) is 19.6 Å². The first-order chi connectivity index (χ1) is 55.2. The van der Waals surface area contributed by atoms with Crippen molar-refractivity contribution in [1.82, 2.24) is 0 Å². The molecule has 1 N–H and O–H groups in total. The predicted octanol–water partition coefficient (Wildman–Crippen LogP) is 19.6. The Hall–Kier alpha value is -6.57. The molecule has 7 aliphatic heterocycles. The molecule has 118 heavy (non-hydrogen) atoms. The van der Waals surface area contributed by atoms with E-state index in [4.69, 9.17) is 33.2 Å². The van der Waals surface area contributed by atoms with Gasteiger partial charge in [0, 0.05) is 80.1 Å². The van der Waals surface area contributed by atoms with E-state index in [1.807, 2.05) is 32.9 Å². The number of nitrogens with zero attached hydrogens (tertiary/aromatic N) is 3. The van der Waals surface area contributed by atoms with Gasteiger partial charge in [-0.1, -0.05) is 47.8 Å². The number of hydrogen-bond donors (Lipinski definition) is 1. The number of aliphatic hydroxyl groups is 1. The highest BCUT2D eigenvalue weighted by Gasteiger charge is 2.46. The zero-order valence-corrected chi connectivity index (χ0v) is 72.9. The van der Waals surface area contributed by atoms with Gasteiger partial charge in [-0.2, -0.15) is 39.5 Å². The Kier molecular flexibility index (Phi) is 34.9. The van der Waals surface area contributed by atoms with Gasteiger partial charge in [-0.05, 0) is 289 Å². The van der Waals surface area contributed by atoms with Crippen LogP contribution in [0.4, 0.5) is 56.6 Å². The second kappa shape index (κ2) is 42.5. The molecule has 0 aromatic heterocycles. The first-order valence-electron chi connectivity index (χ1n) is 39.8. The number of anilines is 3. The first-order valence-corrected chi connectivity index (χ1v) is 48.7. The van der Waals surface area contributed by atoms with Gasteiger partial charge >= 0.3 is 18.2 Å². The Bertz CT molecular complexity index is 4680. The Morgan fingerprint density at radius 3 is 1.05 bits per heavy atom. The van der Waals surface area contributed by atoms with Crippen molar-refractivity contribution in [2.45, 2.75) is 228 Å². The predicted molar refractivity (Wildman–Crippen MR) is 447 cm³/mol. The summed E-state index contributed by atoms with van der Waals surface area (Å²) in [5, 5.41) is 9.90. The second-order valence-corrected chi connectivity index (χ2v) is 42.9. The molecule has 7 heterocycles. The number of aliphatic hydroxyl groups excluding tert-OH is 1. The molecule has 0 amide bonds. The summed E-state index contributed by atoms with van der Waals surface area (Å²) in [6, 6.07) is 24.6. The number of benzene rings is 6. The summed E-state index contributed by atoms with van der Waals surface area (Å²) in [7, 11) is -15.0. The van der Waals surface area contributed by atoms with Crippen molar-refractivity contribution in [1.29, 1.82) is 0 Å². The van der Waals surface area contributed by atoms with Gasteiger partial charge in [-0.15, -0.1) is 0 Å². The standard InChI is InChI=1S/C26H30F3NO5S.C25H30F3NO5S.C25H30INO5S.C4H9F3Si.C4H8O.CH4/c1-3-21-6-4-19-14-20(26(27,28)29)5-8-24(19)30(21)36(32,33)22-7-9-25(23(15-22)17(2)31)35-16-18-10-12-34-13-11-18;1-2-21-5-3-18-13-20(25(26,27)28)4-7-23(18)29(21)35(31,32)22-6-8-24(19(14-22)15-30)34-16-17-9-11-33-12-10-17;1-3-21-6-4-19-14-20(26)5-8-24(19)27(21)33(29,30)22-7-9-25(23(15-22)17(2)28)32-16-18-10-12-31-13-11-18;1-8(2,3)4(5,6)7;1-2-4-5-3-1;/h5,7-9,14-15,18,21H,3-4,6,10-13,16H2,1-2H3;4,6-8,13-14,17,21,30H,2-3,5,9-12,15-16H2,1H3;5,7-9,14-15,18,21H,3-4,6,10-13,16H2,1-2H3;1-3H3;1-4H2;1H4/t3*21-;;;/m000.../s1. The maximum absolute atomic E-state index is 13.9. The average molecular weight is 1850 g/mol. The van der Waals surface area contributed by atoms with Crippen LogP contribution in [0, 0.1) is 21.3 Å². The molecule has 6 aromatic rings. The first kappa shape index (κ1) is 96.9. The third kappa shape index (κ3) is 24.9. The van der Waals surface area contributed by atoms with Crippen LogP contribution in [0.1, 0.15) is 186 Å². The van der Waals surface area contributed by atoms with Crippen LogP contribution < -0.4 is 27.1 Å². The van der Waals surface area contributed by atoms with Crippen molar-refractivity contribution in [3.63, 3.8) is 0 Å². The summed E-state index contributed by atoms with van der Waals surface area (Å²) in [5.74, 6) is -2.31. The quantitative estimate of drug-likeness (QED) is 0.0305. The molecule has 0 saturated carbocycles. The summed E-state index contributed by atoms with van der Waals surface area (Å²) in [4.78, 5) is 24.8. The van der Waals surface area contributed by atoms with E-state index in [0.717, 1.165) is 123 Å². The van der Waals surface area contributed by atoms with Gasteiger partial charge in [-0.25, -0.2) is 25.3 Å². The number of Topliss-reactive ketones (excluding diaryl/α,β-unsaturated/α-hetero) is 2. The van der Waals surface area contributed by atoms with Crippen LogP contribution >= 0.6 is 22.6 Å². The van der Waals surface area contributed by atoms with Gasteiger partial charge in [0.25, 0.3) is 30.1 Å². The molecule has 13 rings (SSSR count). The molecule has 0 spiro atoms. The molecule has 33 heteroatoms. The van der Waals surface area contributed by atoms with Crippen LogP contribution in [-0.4, -0.2) is 147 Å². The average Bonchev–Trinajstić information content (AvgIpc) is 0.770. The number of carbonyl (C=O) groups excluding carboxylic acids is 2.